The summed E-state index contributed by atoms with van der Waals surface area (Å²) in [6.45, 7) is 11.4. The van der Waals surface area contributed by atoms with Crippen molar-refractivity contribution < 1.29 is 14.3 Å². The van der Waals surface area contributed by atoms with E-state index in [2.05, 4.69) is 39.1 Å². The van der Waals surface area contributed by atoms with Crippen LogP contribution in [0.15, 0.2) is 66.7 Å². The Morgan fingerprint density at radius 3 is 2.28 bits per heavy atom. The molecule has 0 aliphatic heterocycles. The summed E-state index contributed by atoms with van der Waals surface area (Å²) in [5.41, 5.74) is 4.46. The molecule has 4 heteroatoms. The molecule has 0 saturated heterocycles. The second-order valence-electron chi connectivity index (χ2n) is 8.76. The summed E-state index contributed by atoms with van der Waals surface area (Å²) < 4.78 is 12.0. The average molecular weight is 432 g/mol. The Morgan fingerprint density at radius 1 is 0.844 bits per heavy atom. The highest BCUT2D eigenvalue weighted by atomic mass is 16.5. The minimum atomic E-state index is -0.148. The molecule has 0 unspecified atom stereocenters. The summed E-state index contributed by atoms with van der Waals surface area (Å²) in [7, 11) is 0. The largest absolute Gasteiger partial charge is 0.493 e. The van der Waals surface area contributed by atoms with E-state index in [0.29, 0.717) is 18.8 Å². The number of amides is 1. The third-order valence-electron chi connectivity index (χ3n) is 5.35. The van der Waals surface area contributed by atoms with Gasteiger partial charge in [0.15, 0.2) is 0 Å². The molecule has 3 aromatic carbocycles. The van der Waals surface area contributed by atoms with E-state index in [4.69, 9.17) is 9.47 Å². The smallest absolute Gasteiger partial charge is 0.255 e. The lowest BCUT2D eigenvalue weighted by molar-refractivity contribution is 0.102. The average Bonchev–Trinajstić information content (AvgIpc) is 2.78. The Labute approximate surface area is 191 Å². The SMILES string of the molecule is CCOc1ccc(C(=O)Nc2ccccc2CC)cc1COc1ccccc1C(C)(C)C. The van der Waals surface area contributed by atoms with Gasteiger partial charge < -0.3 is 14.8 Å². The molecule has 0 saturated carbocycles. The summed E-state index contributed by atoms with van der Waals surface area (Å²) in [6.07, 6.45) is 0.853. The molecule has 0 radical (unpaired) electrons. The molecule has 3 aromatic rings. The summed E-state index contributed by atoms with van der Waals surface area (Å²) in [6, 6.07) is 21.4. The van der Waals surface area contributed by atoms with E-state index in [1.165, 1.54) is 0 Å². The Bertz CT molecular complexity index is 1070. The third-order valence-corrected chi connectivity index (χ3v) is 5.35. The fraction of sp³-hybridized carbons (Fsp3) is 0.321. The number of benzene rings is 3. The van der Waals surface area contributed by atoms with Crippen molar-refractivity contribution in [1.29, 1.82) is 0 Å². The number of aryl methyl sites for hydroxylation is 1. The van der Waals surface area contributed by atoms with Crippen molar-refractivity contribution in [3.05, 3.63) is 89.0 Å². The van der Waals surface area contributed by atoms with Crippen LogP contribution in [0.5, 0.6) is 11.5 Å². The molecule has 0 spiro atoms. The lowest BCUT2D eigenvalue weighted by Crippen LogP contribution is -2.15. The molecule has 0 fully saturated rings. The van der Waals surface area contributed by atoms with Gasteiger partial charge in [-0.3, -0.25) is 4.79 Å². The molecule has 0 bridgehead atoms. The number of ether oxygens (including phenoxy) is 2. The van der Waals surface area contributed by atoms with Crippen molar-refractivity contribution in [2.24, 2.45) is 0 Å². The normalized spacial score (nSPS) is 11.2. The number of nitrogens with one attached hydrogen (secondary N) is 1. The maximum Gasteiger partial charge on any atom is 0.255 e. The van der Waals surface area contributed by atoms with Crippen molar-refractivity contribution in [2.45, 2.75) is 53.1 Å². The molecule has 0 aliphatic carbocycles. The van der Waals surface area contributed by atoms with E-state index in [0.717, 1.165) is 40.3 Å². The molecule has 168 valence electrons. The molecule has 1 amide bonds. The van der Waals surface area contributed by atoms with Crippen molar-refractivity contribution in [2.75, 3.05) is 11.9 Å². The summed E-state index contributed by atoms with van der Waals surface area (Å²) in [5.74, 6) is 1.42. The number of carbonyl (C=O) groups is 1. The predicted octanol–water partition coefficient (Wildman–Crippen LogP) is 6.78. The lowest BCUT2D eigenvalue weighted by Gasteiger charge is -2.23. The quantitative estimate of drug-likeness (QED) is 0.428. The lowest BCUT2D eigenvalue weighted by atomic mass is 9.86. The van der Waals surface area contributed by atoms with E-state index < -0.39 is 0 Å². The third kappa shape index (κ3) is 5.70. The molecule has 32 heavy (non-hydrogen) atoms. The molecular weight excluding hydrogens is 398 g/mol. The number of para-hydroxylation sites is 2. The van der Waals surface area contributed by atoms with Crippen LogP contribution in [-0.4, -0.2) is 12.5 Å². The van der Waals surface area contributed by atoms with Gasteiger partial charge in [0.25, 0.3) is 5.91 Å². The van der Waals surface area contributed by atoms with Crippen LogP contribution in [0.3, 0.4) is 0 Å². The van der Waals surface area contributed by atoms with Crippen molar-refractivity contribution in [3.63, 3.8) is 0 Å². The molecule has 0 atom stereocenters. The highest BCUT2D eigenvalue weighted by Crippen LogP contribution is 2.32. The molecule has 0 aliphatic rings. The van der Waals surface area contributed by atoms with E-state index in [1.807, 2.05) is 61.5 Å². The van der Waals surface area contributed by atoms with Crippen LogP contribution in [0.1, 0.15) is 61.7 Å². The first-order valence-corrected chi connectivity index (χ1v) is 11.2. The van der Waals surface area contributed by atoms with Gasteiger partial charge in [-0.05, 0) is 60.2 Å². The monoisotopic (exact) mass is 431 g/mol. The molecule has 1 N–H and O–H groups in total. The van der Waals surface area contributed by atoms with Gasteiger partial charge in [0.2, 0.25) is 0 Å². The minimum Gasteiger partial charge on any atom is -0.493 e. The predicted molar refractivity (Wildman–Crippen MR) is 131 cm³/mol. The molecule has 0 heterocycles. The van der Waals surface area contributed by atoms with E-state index >= 15 is 0 Å². The first-order chi connectivity index (χ1) is 15.3. The van der Waals surface area contributed by atoms with Crippen LogP contribution < -0.4 is 14.8 Å². The van der Waals surface area contributed by atoms with E-state index in [9.17, 15) is 4.79 Å². The van der Waals surface area contributed by atoms with E-state index in [1.54, 1.807) is 6.07 Å². The highest BCUT2D eigenvalue weighted by molar-refractivity contribution is 6.04. The van der Waals surface area contributed by atoms with Gasteiger partial charge in [0.05, 0.1) is 6.61 Å². The summed E-state index contributed by atoms with van der Waals surface area (Å²) >= 11 is 0. The zero-order valence-corrected chi connectivity index (χ0v) is 19.7. The number of rotatable bonds is 8. The van der Waals surface area contributed by atoms with Crippen molar-refractivity contribution in [3.8, 4) is 11.5 Å². The Morgan fingerprint density at radius 2 is 1.56 bits per heavy atom. The number of carbonyl (C=O) groups excluding carboxylic acids is 1. The first kappa shape index (κ1) is 23.4. The van der Waals surface area contributed by atoms with Gasteiger partial charge >= 0.3 is 0 Å². The highest BCUT2D eigenvalue weighted by Gasteiger charge is 2.19. The number of anilines is 1. The maximum atomic E-state index is 13.0. The van der Waals surface area contributed by atoms with Crippen LogP contribution in [0, 0.1) is 0 Å². The van der Waals surface area contributed by atoms with Crippen LogP contribution in [0.2, 0.25) is 0 Å². The molecule has 0 aromatic heterocycles. The fourth-order valence-corrected chi connectivity index (χ4v) is 3.64. The van der Waals surface area contributed by atoms with Gasteiger partial charge in [0.1, 0.15) is 18.1 Å². The van der Waals surface area contributed by atoms with Gasteiger partial charge in [0, 0.05) is 16.8 Å². The summed E-state index contributed by atoms with van der Waals surface area (Å²) in [4.78, 5) is 13.0. The van der Waals surface area contributed by atoms with Gasteiger partial charge in [-0.25, -0.2) is 0 Å². The fourth-order valence-electron chi connectivity index (χ4n) is 3.64. The molecule has 4 nitrogen and oxygen atoms in total. The van der Waals surface area contributed by atoms with Crippen molar-refractivity contribution in [1.82, 2.24) is 0 Å². The Kier molecular flexibility index (Phi) is 7.57. The first-order valence-electron chi connectivity index (χ1n) is 11.2. The van der Waals surface area contributed by atoms with Gasteiger partial charge in [-0.1, -0.05) is 64.1 Å². The zero-order chi connectivity index (χ0) is 23.1. The van der Waals surface area contributed by atoms with Crippen LogP contribution in [0.4, 0.5) is 5.69 Å². The second-order valence-corrected chi connectivity index (χ2v) is 8.76. The standard InChI is InChI=1S/C28H33NO3/c1-6-20-12-8-10-14-24(20)29-27(30)21-16-17-25(31-7-2)22(18-21)19-32-26-15-11-9-13-23(26)28(3,4)5/h8-18H,6-7,19H2,1-5H3,(H,29,30). The van der Waals surface area contributed by atoms with Crippen LogP contribution in [-0.2, 0) is 18.4 Å². The number of hydrogen-bond acceptors (Lipinski definition) is 3. The minimum absolute atomic E-state index is 0.0340. The Balaban J connectivity index is 1.85. The molecular formula is C28H33NO3. The van der Waals surface area contributed by atoms with Gasteiger partial charge in [-0.15, -0.1) is 0 Å². The van der Waals surface area contributed by atoms with E-state index in [-0.39, 0.29) is 11.3 Å². The topological polar surface area (TPSA) is 47.6 Å². The van der Waals surface area contributed by atoms with Gasteiger partial charge in [-0.2, -0.15) is 0 Å². The number of hydrogen-bond donors (Lipinski definition) is 1. The van der Waals surface area contributed by atoms with Crippen LogP contribution >= 0.6 is 0 Å². The summed E-state index contributed by atoms with van der Waals surface area (Å²) in [5, 5.41) is 3.04. The molecule has 3 rings (SSSR count). The zero-order valence-electron chi connectivity index (χ0n) is 19.7. The second kappa shape index (κ2) is 10.4. The Hall–Kier alpha value is -3.27. The van der Waals surface area contributed by atoms with Crippen molar-refractivity contribution >= 4 is 11.6 Å². The maximum absolute atomic E-state index is 13.0. The van der Waals surface area contributed by atoms with Crippen LogP contribution in [0.25, 0.3) is 0 Å².